The number of amides is 1. The molecule has 0 aliphatic heterocycles. The molecule has 1 aliphatic carbocycles. The Kier molecular flexibility index (Phi) is 3.65. The molecule has 0 bridgehead atoms. The van der Waals surface area contributed by atoms with Gasteiger partial charge in [-0.05, 0) is 36.5 Å². The monoisotopic (exact) mass is 247 g/mol. The highest BCUT2D eigenvalue weighted by atomic mass is 16.4. The van der Waals surface area contributed by atoms with E-state index in [-0.39, 0.29) is 17.9 Å². The number of hydrogen-bond acceptors (Lipinski definition) is 2. The number of carboxylic acids is 1. The molecule has 1 amide bonds. The molecule has 1 aromatic carbocycles. The van der Waals surface area contributed by atoms with Crippen molar-refractivity contribution in [2.24, 2.45) is 5.92 Å². The number of carbonyl (C=O) groups excluding carboxylic acids is 1. The molecule has 1 aliphatic rings. The van der Waals surface area contributed by atoms with Gasteiger partial charge in [-0.2, -0.15) is 0 Å². The fraction of sp³-hybridized carbons (Fsp3) is 0.429. The van der Waals surface area contributed by atoms with E-state index in [0.29, 0.717) is 12.0 Å². The second kappa shape index (κ2) is 5.21. The van der Waals surface area contributed by atoms with E-state index in [1.54, 1.807) is 18.2 Å². The van der Waals surface area contributed by atoms with Crippen molar-refractivity contribution in [3.8, 4) is 0 Å². The van der Waals surface area contributed by atoms with Crippen LogP contribution in [-0.4, -0.2) is 23.0 Å². The maximum absolute atomic E-state index is 11.7. The van der Waals surface area contributed by atoms with Crippen molar-refractivity contribution in [3.05, 3.63) is 35.4 Å². The van der Waals surface area contributed by atoms with Gasteiger partial charge in [0.05, 0.1) is 12.0 Å². The van der Waals surface area contributed by atoms with Gasteiger partial charge in [-0.1, -0.05) is 19.1 Å². The maximum atomic E-state index is 11.7. The fourth-order valence-electron chi connectivity index (χ4n) is 2.30. The van der Waals surface area contributed by atoms with Gasteiger partial charge in [0.15, 0.2) is 0 Å². The van der Waals surface area contributed by atoms with Crippen LogP contribution in [0.3, 0.4) is 0 Å². The van der Waals surface area contributed by atoms with Crippen molar-refractivity contribution in [1.82, 2.24) is 5.32 Å². The third-order valence-corrected chi connectivity index (χ3v) is 3.28. The average molecular weight is 247 g/mol. The third kappa shape index (κ3) is 3.09. The topological polar surface area (TPSA) is 66.4 Å². The summed E-state index contributed by atoms with van der Waals surface area (Å²) in [5.41, 5.74) is 0.956. The molecule has 4 nitrogen and oxygen atoms in total. The Hall–Kier alpha value is -1.84. The number of carbonyl (C=O) groups is 2. The molecule has 2 N–H and O–H groups in total. The van der Waals surface area contributed by atoms with E-state index in [1.165, 1.54) is 6.07 Å². The molecule has 0 aromatic heterocycles. The summed E-state index contributed by atoms with van der Waals surface area (Å²) in [5, 5.41) is 11.8. The van der Waals surface area contributed by atoms with Crippen molar-refractivity contribution >= 4 is 11.9 Å². The van der Waals surface area contributed by atoms with Gasteiger partial charge in [-0.3, -0.25) is 4.79 Å². The van der Waals surface area contributed by atoms with Crippen molar-refractivity contribution in [2.75, 3.05) is 0 Å². The summed E-state index contributed by atoms with van der Waals surface area (Å²) in [7, 11) is 0. The molecule has 0 saturated heterocycles. The van der Waals surface area contributed by atoms with E-state index in [4.69, 9.17) is 5.11 Å². The lowest BCUT2D eigenvalue weighted by atomic mass is 9.82. The summed E-state index contributed by atoms with van der Waals surface area (Å²) in [6.07, 6.45) is 2.33. The van der Waals surface area contributed by atoms with Crippen LogP contribution in [0.2, 0.25) is 0 Å². The lowest BCUT2D eigenvalue weighted by molar-refractivity contribution is -0.121. The van der Waals surface area contributed by atoms with Gasteiger partial charge in [0, 0.05) is 6.04 Å². The highest BCUT2D eigenvalue weighted by molar-refractivity contribution is 5.88. The van der Waals surface area contributed by atoms with Crippen molar-refractivity contribution < 1.29 is 14.7 Å². The van der Waals surface area contributed by atoms with Crippen LogP contribution in [0.5, 0.6) is 0 Å². The number of hydrogen-bond donors (Lipinski definition) is 2. The summed E-state index contributed by atoms with van der Waals surface area (Å²) in [6, 6.07) is 6.81. The van der Waals surface area contributed by atoms with Crippen LogP contribution in [0, 0.1) is 5.92 Å². The molecule has 0 radical (unpaired) electrons. The minimum absolute atomic E-state index is 0.0329. The molecule has 1 saturated carbocycles. The number of carboxylic acid groups (broad SMARTS) is 1. The Balaban J connectivity index is 1.90. The van der Waals surface area contributed by atoms with Crippen LogP contribution >= 0.6 is 0 Å². The first-order chi connectivity index (χ1) is 8.54. The van der Waals surface area contributed by atoms with Gasteiger partial charge in [0.1, 0.15) is 0 Å². The zero-order chi connectivity index (χ0) is 13.1. The first-order valence-corrected chi connectivity index (χ1v) is 6.16. The second-order valence-electron chi connectivity index (χ2n) is 5.02. The quantitative estimate of drug-likeness (QED) is 0.853. The lowest BCUT2D eigenvalue weighted by Crippen LogP contribution is -2.44. The molecular formula is C14H17NO3. The average Bonchev–Trinajstić information content (AvgIpc) is 2.27. The molecule has 0 heterocycles. The highest BCUT2D eigenvalue weighted by Crippen LogP contribution is 2.26. The Morgan fingerprint density at radius 2 is 2.11 bits per heavy atom. The third-order valence-electron chi connectivity index (χ3n) is 3.28. The number of nitrogens with one attached hydrogen (secondary N) is 1. The Morgan fingerprint density at radius 1 is 1.39 bits per heavy atom. The van der Waals surface area contributed by atoms with Crippen LogP contribution in [0.4, 0.5) is 0 Å². The Labute approximate surface area is 106 Å². The molecule has 18 heavy (non-hydrogen) atoms. The predicted molar refractivity (Wildman–Crippen MR) is 67.4 cm³/mol. The summed E-state index contributed by atoms with van der Waals surface area (Å²) < 4.78 is 0. The maximum Gasteiger partial charge on any atom is 0.335 e. The normalized spacial score (nSPS) is 22.1. The summed E-state index contributed by atoms with van der Waals surface area (Å²) >= 11 is 0. The van der Waals surface area contributed by atoms with Crippen LogP contribution in [0.15, 0.2) is 24.3 Å². The van der Waals surface area contributed by atoms with Crippen molar-refractivity contribution in [1.29, 1.82) is 0 Å². The SMILES string of the molecule is CC1CC(NC(=O)Cc2cccc(C(=O)O)c2)C1. The number of rotatable bonds is 4. The predicted octanol–water partition coefficient (Wildman–Crippen LogP) is 1.84. The van der Waals surface area contributed by atoms with Crippen molar-refractivity contribution in [3.63, 3.8) is 0 Å². The van der Waals surface area contributed by atoms with E-state index >= 15 is 0 Å². The lowest BCUT2D eigenvalue weighted by Gasteiger charge is -2.33. The van der Waals surface area contributed by atoms with Gasteiger partial charge in [-0.15, -0.1) is 0 Å². The standard InChI is InChI=1S/C14H17NO3/c1-9-5-12(6-9)15-13(16)8-10-3-2-4-11(7-10)14(17)18/h2-4,7,9,12H,5-6,8H2,1H3,(H,15,16)(H,17,18). The molecule has 0 spiro atoms. The zero-order valence-electron chi connectivity index (χ0n) is 10.3. The van der Waals surface area contributed by atoms with Crippen LogP contribution < -0.4 is 5.32 Å². The Morgan fingerprint density at radius 3 is 2.72 bits per heavy atom. The van der Waals surface area contributed by atoms with Crippen LogP contribution in [0.25, 0.3) is 0 Å². The van der Waals surface area contributed by atoms with E-state index in [0.717, 1.165) is 18.4 Å². The van der Waals surface area contributed by atoms with Crippen molar-refractivity contribution in [2.45, 2.75) is 32.2 Å². The van der Waals surface area contributed by atoms with Gasteiger partial charge in [0.25, 0.3) is 0 Å². The number of benzene rings is 1. The van der Waals surface area contributed by atoms with Gasteiger partial charge in [0.2, 0.25) is 5.91 Å². The highest BCUT2D eigenvalue weighted by Gasteiger charge is 2.26. The van der Waals surface area contributed by atoms with Gasteiger partial charge < -0.3 is 10.4 Å². The zero-order valence-corrected chi connectivity index (χ0v) is 10.3. The smallest absolute Gasteiger partial charge is 0.335 e. The summed E-state index contributed by atoms with van der Waals surface area (Å²) in [5.74, 6) is -0.301. The van der Waals surface area contributed by atoms with Crippen LogP contribution in [-0.2, 0) is 11.2 Å². The van der Waals surface area contributed by atoms with Gasteiger partial charge >= 0.3 is 5.97 Å². The molecule has 1 aromatic rings. The van der Waals surface area contributed by atoms with Crippen LogP contribution in [0.1, 0.15) is 35.7 Å². The van der Waals surface area contributed by atoms with E-state index in [9.17, 15) is 9.59 Å². The van der Waals surface area contributed by atoms with E-state index < -0.39 is 5.97 Å². The Bertz CT molecular complexity index is 464. The van der Waals surface area contributed by atoms with E-state index in [1.807, 2.05) is 0 Å². The molecule has 4 heteroatoms. The molecule has 2 rings (SSSR count). The minimum Gasteiger partial charge on any atom is -0.478 e. The summed E-state index contributed by atoms with van der Waals surface area (Å²) in [4.78, 5) is 22.6. The minimum atomic E-state index is -0.968. The number of aromatic carboxylic acids is 1. The fourth-order valence-corrected chi connectivity index (χ4v) is 2.30. The molecular weight excluding hydrogens is 230 g/mol. The largest absolute Gasteiger partial charge is 0.478 e. The first-order valence-electron chi connectivity index (χ1n) is 6.16. The first kappa shape index (κ1) is 12.6. The second-order valence-corrected chi connectivity index (χ2v) is 5.02. The van der Waals surface area contributed by atoms with E-state index in [2.05, 4.69) is 12.2 Å². The molecule has 96 valence electrons. The van der Waals surface area contributed by atoms with Gasteiger partial charge in [-0.25, -0.2) is 4.79 Å². The summed E-state index contributed by atoms with van der Waals surface area (Å²) in [6.45, 7) is 2.17. The molecule has 0 unspecified atom stereocenters. The molecule has 1 fully saturated rings. The molecule has 0 atom stereocenters.